The van der Waals surface area contributed by atoms with Gasteiger partial charge in [-0.3, -0.25) is 0 Å². The van der Waals surface area contributed by atoms with Crippen LogP contribution in [-0.4, -0.2) is 23.6 Å². The van der Waals surface area contributed by atoms with Crippen molar-refractivity contribution in [2.45, 2.75) is 26.4 Å². The van der Waals surface area contributed by atoms with Gasteiger partial charge in [0, 0.05) is 18.3 Å². The first kappa shape index (κ1) is 13.7. The zero-order chi connectivity index (χ0) is 14.8. The molecule has 5 nitrogen and oxygen atoms in total. The highest BCUT2D eigenvalue weighted by atomic mass is 16.6. The van der Waals surface area contributed by atoms with Gasteiger partial charge in [0.1, 0.15) is 12.4 Å². The molecule has 0 bridgehead atoms. The lowest BCUT2D eigenvalue weighted by atomic mass is 10.1. The zero-order valence-electron chi connectivity index (χ0n) is 12.5. The number of aromatic nitrogens is 2. The van der Waals surface area contributed by atoms with E-state index in [1.54, 1.807) is 0 Å². The van der Waals surface area contributed by atoms with Crippen LogP contribution >= 0.6 is 0 Å². The molecule has 2 heterocycles. The summed E-state index contributed by atoms with van der Waals surface area (Å²) in [6.45, 7) is 4.52. The maximum Gasteiger partial charge on any atom is 0.192 e. The lowest BCUT2D eigenvalue weighted by molar-refractivity contribution is 0.0850. The highest BCUT2D eigenvalue weighted by molar-refractivity contribution is 5.46. The van der Waals surface area contributed by atoms with Crippen LogP contribution in [0, 0.1) is 6.92 Å². The van der Waals surface area contributed by atoms with Crippen LogP contribution in [0.1, 0.15) is 30.1 Å². The van der Waals surface area contributed by atoms with Crippen LogP contribution in [0.3, 0.4) is 0 Å². The molecule has 0 saturated heterocycles. The molecule has 5 heteroatoms. The molecule has 1 aliphatic heterocycles. The largest absolute Gasteiger partial charge is 0.485 e. The maximum atomic E-state index is 5.97. The minimum atomic E-state index is -0.281. The van der Waals surface area contributed by atoms with Gasteiger partial charge in [-0.25, -0.2) is 9.97 Å². The zero-order valence-corrected chi connectivity index (χ0v) is 12.5. The van der Waals surface area contributed by atoms with E-state index in [1.807, 2.05) is 38.2 Å². The van der Waals surface area contributed by atoms with Gasteiger partial charge in [-0.1, -0.05) is 19.1 Å². The summed E-state index contributed by atoms with van der Waals surface area (Å²) in [6, 6.07) is 7.65. The van der Waals surface area contributed by atoms with E-state index in [9.17, 15) is 0 Å². The van der Waals surface area contributed by atoms with Crippen molar-refractivity contribution < 1.29 is 9.47 Å². The number of fused-ring (bicyclic) bond motifs is 1. The number of nitrogens with zero attached hydrogens (tertiary/aromatic N) is 2. The minimum Gasteiger partial charge on any atom is -0.485 e. The Balaban J connectivity index is 1.93. The topological polar surface area (TPSA) is 56.3 Å². The predicted octanol–water partition coefficient (Wildman–Crippen LogP) is 2.90. The summed E-state index contributed by atoms with van der Waals surface area (Å²) in [5, 5.41) is 3.14. The molecule has 1 atom stereocenters. The Morgan fingerprint density at radius 3 is 2.71 bits per heavy atom. The van der Waals surface area contributed by atoms with Gasteiger partial charge in [0.05, 0.1) is 0 Å². The third kappa shape index (κ3) is 2.51. The average Bonchev–Trinajstić information content (AvgIpc) is 2.53. The Hall–Kier alpha value is -2.30. The Bertz CT molecular complexity index is 658. The fraction of sp³-hybridized carbons (Fsp3) is 0.375. The summed E-state index contributed by atoms with van der Waals surface area (Å²) in [7, 11) is 1.87. The number of benzene rings is 1. The van der Waals surface area contributed by atoms with Crippen molar-refractivity contribution in [3.05, 3.63) is 41.3 Å². The first-order valence-corrected chi connectivity index (χ1v) is 7.16. The molecule has 0 radical (unpaired) electrons. The Morgan fingerprint density at radius 1 is 1.24 bits per heavy atom. The molecule has 1 aromatic heterocycles. The molecule has 3 rings (SSSR count). The second-order valence-electron chi connectivity index (χ2n) is 4.96. The van der Waals surface area contributed by atoms with Gasteiger partial charge in [-0.2, -0.15) is 0 Å². The van der Waals surface area contributed by atoms with Crippen molar-refractivity contribution >= 4 is 5.82 Å². The molecule has 0 amide bonds. The Morgan fingerprint density at radius 2 is 2.00 bits per heavy atom. The molecule has 1 aromatic carbocycles. The van der Waals surface area contributed by atoms with Crippen molar-refractivity contribution in [1.82, 2.24) is 9.97 Å². The van der Waals surface area contributed by atoms with E-state index in [-0.39, 0.29) is 6.10 Å². The van der Waals surface area contributed by atoms with E-state index in [4.69, 9.17) is 9.47 Å². The second-order valence-corrected chi connectivity index (χ2v) is 4.96. The summed E-state index contributed by atoms with van der Waals surface area (Å²) < 4.78 is 11.7. The van der Waals surface area contributed by atoms with Gasteiger partial charge in [0.25, 0.3) is 0 Å². The number of anilines is 1. The van der Waals surface area contributed by atoms with E-state index in [0.717, 1.165) is 35.0 Å². The van der Waals surface area contributed by atoms with Gasteiger partial charge < -0.3 is 14.8 Å². The van der Waals surface area contributed by atoms with Gasteiger partial charge in [0.2, 0.25) is 0 Å². The van der Waals surface area contributed by atoms with Crippen molar-refractivity contribution in [2.24, 2.45) is 0 Å². The lowest BCUT2D eigenvalue weighted by Crippen LogP contribution is -2.24. The number of hydrogen-bond donors (Lipinski definition) is 1. The van der Waals surface area contributed by atoms with Crippen molar-refractivity contribution in [2.75, 3.05) is 19.0 Å². The molecule has 21 heavy (non-hydrogen) atoms. The van der Waals surface area contributed by atoms with E-state index in [0.29, 0.717) is 12.4 Å². The standard InChI is InChI=1S/C16H19N3O2/c1-4-11-10(2)18-16(19-15(11)17-3)14-9-20-12-7-5-6-8-13(12)21-14/h5-8,14H,4,9H2,1-3H3,(H,17,18,19). The quantitative estimate of drug-likeness (QED) is 0.939. The SMILES string of the molecule is CCc1c(C)nc(C2COc3ccccc3O2)nc1NC. The van der Waals surface area contributed by atoms with Crippen LogP contribution in [0.5, 0.6) is 11.5 Å². The summed E-state index contributed by atoms with van der Waals surface area (Å²) in [5.41, 5.74) is 2.12. The molecule has 0 saturated carbocycles. The third-order valence-electron chi connectivity index (χ3n) is 3.62. The summed E-state index contributed by atoms with van der Waals surface area (Å²) in [5.74, 6) is 3.02. The first-order valence-electron chi connectivity index (χ1n) is 7.16. The second kappa shape index (κ2) is 5.60. The highest BCUT2D eigenvalue weighted by Gasteiger charge is 2.26. The van der Waals surface area contributed by atoms with E-state index in [2.05, 4.69) is 22.2 Å². The average molecular weight is 285 g/mol. The number of ether oxygens (including phenoxy) is 2. The molecule has 1 unspecified atom stereocenters. The van der Waals surface area contributed by atoms with Crippen molar-refractivity contribution in [3.63, 3.8) is 0 Å². The van der Waals surface area contributed by atoms with E-state index >= 15 is 0 Å². The summed E-state index contributed by atoms with van der Waals surface area (Å²) >= 11 is 0. The summed E-state index contributed by atoms with van der Waals surface area (Å²) in [4.78, 5) is 9.19. The molecule has 1 N–H and O–H groups in total. The van der Waals surface area contributed by atoms with Crippen LogP contribution in [-0.2, 0) is 6.42 Å². The Labute approximate surface area is 124 Å². The maximum absolute atomic E-state index is 5.97. The van der Waals surface area contributed by atoms with Crippen LogP contribution in [0.4, 0.5) is 5.82 Å². The fourth-order valence-electron chi connectivity index (χ4n) is 2.54. The van der Waals surface area contributed by atoms with Crippen LogP contribution < -0.4 is 14.8 Å². The van der Waals surface area contributed by atoms with Crippen LogP contribution in [0.15, 0.2) is 24.3 Å². The molecule has 110 valence electrons. The van der Waals surface area contributed by atoms with E-state index in [1.165, 1.54) is 0 Å². The van der Waals surface area contributed by atoms with Gasteiger partial charge >= 0.3 is 0 Å². The fourth-order valence-corrected chi connectivity index (χ4v) is 2.54. The smallest absolute Gasteiger partial charge is 0.192 e. The molecular weight excluding hydrogens is 266 g/mol. The predicted molar refractivity (Wildman–Crippen MR) is 81.0 cm³/mol. The summed E-state index contributed by atoms with van der Waals surface area (Å²) in [6.07, 6.45) is 0.615. The Kier molecular flexibility index (Phi) is 3.64. The molecular formula is C16H19N3O2. The number of aryl methyl sites for hydroxylation is 1. The van der Waals surface area contributed by atoms with Gasteiger partial charge in [0.15, 0.2) is 23.4 Å². The normalized spacial score (nSPS) is 16.6. The molecule has 0 fully saturated rings. The molecule has 0 spiro atoms. The molecule has 0 aliphatic carbocycles. The third-order valence-corrected chi connectivity index (χ3v) is 3.62. The van der Waals surface area contributed by atoms with Crippen molar-refractivity contribution in [1.29, 1.82) is 0 Å². The monoisotopic (exact) mass is 285 g/mol. The van der Waals surface area contributed by atoms with Crippen LogP contribution in [0.2, 0.25) is 0 Å². The van der Waals surface area contributed by atoms with Crippen molar-refractivity contribution in [3.8, 4) is 11.5 Å². The molecule has 1 aliphatic rings. The molecule has 2 aromatic rings. The first-order chi connectivity index (χ1) is 10.2. The van der Waals surface area contributed by atoms with Gasteiger partial charge in [-0.05, 0) is 25.5 Å². The number of nitrogens with one attached hydrogen (secondary N) is 1. The minimum absolute atomic E-state index is 0.281. The number of hydrogen-bond acceptors (Lipinski definition) is 5. The van der Waals surface area contributed by atoms with Crippen LogP contribution in [0.25, 0.3) is 0 Å². The lowest BCUT2D eigenvalue weighted by Gasteiger charge is -2.26. The van der Waals surface area contributed by atoms with Gasteiger partial charge in [-0.15, -0.1) is 0 Å². The van der Waals surface area contributed by atoms with E-state index < -0.39 is 0 Å². The highest BCUT2D eigenvalue weighted by Crippen LogP contribution is 2.35. The number of rotatable bonds is 3. The number of para-hydroxylation sites is 2.